The molecule has 0 atom stereocenters. The SMILES string of the molecule is CCCCC=O.[Ag].[LiH].[V]. The molecule has 1 nitrogen and oxygen atoms in total. The van der Waals surface area contributed by atoms with Gasteiger partial charge in [-0.1, -0.05) is 13.3 Å². The molecule has 0 aromatic rings. The smallest absolute Gasteiger partial charge is 0 e. The van der Waals surface area contributed by atoms with Gasteiger partial charge in [-0.25, -0.2) is 0 Å². The van der Waals surface area contributed by atoms with Crippen LogP contribution in [0.25, 0.3) is 0 Å². The standard InChI is InChI=1S/C5H10O.Ag.Li.V.H/c1-2-3-4-5-6;;;;/h5H,2-4H2,1H3;;;;. The predicted octanol–water partition coefficient (Wildman–Crippen LogP) is 0.722. The number of aldehydes is 1. The molecule has 0 amide bonds. The van der Waals surface area contributed by atoms with E-state index in [-0.39, 0.29) is 59.8 Å². The van der Waals surface area contributed by atoms with Crippen LogP contribution >= 0.6 is 0 Å². The van der Waals surface area contributed by atoms with Crippen LogP contribution in [-0.2, 0) is 45.7 Å². The van der Waals surface area contributed by atoms with E-state index in [0.717, 1.165) is 25.5 Å². The van der Waals surface area contributed by atoms with Crippen LogP contribution in [0, 0.1) is 0 Å². The minimum Gasteiger partial charge on any atom is 0 e. The summed E-state index contributed by atoms with van der Waals surface area (Å²) in [6.45, 7) is 2.07. The molecule has 4 heteroatoms. The van der Waals surface area contributed by atoms with Gasteiger partial charge < -0.3 is 4.79 Å². The van der Waals surface area contributed by atoms with Gasteiger partial charge in [0.1, 0.15) is 6.29 Å². The Morgan fingerprint density at radius 1 is 1.44 bits per heavy atom. The minimum absolute atomic E-state index is 0. The predicted molar refractivity (Wildman–Crippen MR) is 32.7 cm³/mol. The van der Waals surface area contributed by atoms with Gasteiger partial charge in [-0.05, 0) is 6.42 Å². The van der Waals surface area contributed by atoms with E-state index in [9.17, 15) is 4.79 Å². The summed E-state index contributed by atoms with van der Waals surface area (Å²) in [5, 5.41) is 0. The number of unbranched alkanes of at least 4 members (excludes halogenated alkanes) is 2. The first-order chi connectivity index (χ1) is 2.91. The van der Waals surface area contributed by atoms with E-state index in [1.54, 1.807) is 0 Å². The Hall–Kier alpha value is 1.59. The van der Waals surface area contributed by atoms with Crippen molar-refractivity contribution in [1.82, 2.24) is 0 Å². The summed E-state index contributed by atoms with van der Waals surface area (Å²) in [7, 11) is 0. The Morgan fingerprint density at radius 3 is 2.00 bits per heavy atom. The average molecular weight is 253 g/mol. The second-order valence-electron chi connectivity index (χ2n) is 1.31. The van der Waals surface area contributed by atoms with Crippen LogP contribution in [0.2, 0.25) is 0 Å². The molecule has 0 aliphatic rings. The first-order valence-corrected chi connectivity index (χ1v) is 2.35. The van der Waals surface area contributed by atoms with E-state index in [2.05, 4.69) is 6.92 Å². The zero-order chi connectivity index (χ0) is 4.83. The summed E-state index contributed by atoms with van der Waals surface area (Å²) in [5.41, 5.74) is 0. The van der Waals surface area contributed by atoms with Gasteiger partial charge in [0.25, 0.3) is 0 Å². The van der Waals surface area contributed by atoms with Crippen LogP contribution in [0.5, 0.6) is 0 Å². The van der Waals surface area contributed by atoms with Gasteiger partial charge in [0.2, 0.25) is 0 Å². The topological polar surface area (TPSA) is 17.1 Å². The van der Waals surface area contributed by atoms with Crippen LogP contribution in [0.4, 0.5) is 0 Å². The van der Waals surface area contributed by atoms with Crippen molar-refractivity contribution < 1.29 is 45.7 Å². The Balaban J connectivity index is -0.0000000417. The molecule has 0 aromatic heterocycles. The summed E-state index contributed by atoms with van der Waals surface area (Å²) in [6, 6.07) is 0. The van der Waals surface area contributed by atoms with Gasteiger partial charge in [-0.2, -0.15) is 0 Å². The second-order valence-corrected chi connectivity index (χ2v) is 1.31. The van der Waals surface area contributed by atoms with E-state index in [4.69, 9.17) is 0 Å². The van der Waals surface area contributed by atoms with Crippen molar-refractivity contribution in [3.63, 3.8) is 0 Å². The van der Waals surface area contributed by atoms with Gasteiger partial charge in [0.05, 0.1) is 0 Å². The number of rotatable bonds is 3. The van der Waals surface area contributed by atoms with Gasteiger partial charge in [-0.3, -0.25) is 0 Å². The maximum atomic E-state index is 9.56. The zero-order valence-electron chi connectivity index (χ0n) is 4.86. The third kappa shape index (κ3) is 26.2. The van der Waals surface area contributed by atoms with Crippen LogP contribution in [0.1, 0.15) is 26.2 Å². The molecule has 0 unspecified atom stereocenters. The van der Waals surface area contributed by atoms with Crippen molar-refractivity contribution in [2.75, 3.05) is 0 Å². The fraction of sp³-hybridized carbons (Fsp3) is 0.800. The number of hydrogen-bond acceptors (Lipinski definition) is 1. The molecule has 0 aliphatic heterocycles. The fourth-order valence-electron chi connectivity index (χ4n) is 0.287. The summed E-state index contributed by atoms with van der Waals surface area (Å²) >= 11 is 0. The molecular weight excluding hydrogens is 242 g/mol. The van der Waals surface area contributed by atoms with Crippen molar-refractivity contribution in [2.45, 2.75) is 26.2 Å². The summed E-state index contributed by atoms with van der Waals surface area (Å²) < 4.78 is 0. The first-order valence-electron chi connectivity index (χ1n) is 2.35. The van der Waals surface area contributed by atoms with Crippen molar-refractivity contribution >= 4 is 25.1 Å². The van der Waals surface area contributed by atoms with Crippen LogP contribution in [-0.4, -0.2) is 25.1 Å². The quantitative estimate of drug-likeness (QED) is 0.411. The molecule has 0 spiro atoms. The maximum absolute atomic E-state index is 9.56. The van der Waals surface area contributed by atoms with Crippen molar-refractivity contribution in [3.8, 4) is 0 Å². The van der Waals surface area contributed by atoms with Crippen molar-refractivity contribution in [3.05, 3.63) is 0 Å². The monoisotopic (exact) mass is 252 g/mol. The first kappa shape index (κ1) is 22.4. The van der Waals surface area contributed by atoms with E-state index >= 15 is 0 Å². The van der Waals surface area contributed by atoms with E-state index in [0.29, 0.717) is 0 Å². The second kappa shape index (κ2) is 22.6. The molecule has 2 radical (unpaired) electrons. The van der Waals surface area contributed by atoms with E-state index < -0.39 is 0 Å². The average Bonchev–Trinajstić information content (AvgIpc) is 1.61. The normalized spacial score (nSPS) is 5.44. The van der Waals surface area contributed by atoms with Crippen LogP contribution in [0.15, 0.2) is 0 Å². The van der Waals surface area contributed by atoms with Gasteiger partial charge in [0.15, 0.2) is 0 Å². The van der Waals surface area contributed by atoms with Gasteiger partial charge in [-0.15, -0.1) is 0 Å². The molecule has 0 heterocycles. The molecule has 0 aliphatic carbocycles. The molecule has 0 saturated heterocycles. The molecule has 9 heavy (non-hydrogen) atoms. The Labute approximate surface area is 96.3 Å². The van der Waals surface area contributed by atoms with Crippen molar-refractivity contribution in [1.29, 1.82) is 0 Å². The fourth-order valence-corrected chi connectivity index (χ4v) is 0.287. The van der Waals surface area contributed by atoms with Crippen LogP contribution in [0.3, 0.4) is 0 Å². The molecule has 0 fully saturated rings. The third-order valence-electron chi connectivity index (χ3n) is 0.676. The van der Waals surface area contributed by atoms with Gasteiger partial charge >= 0.3 is 18.9 Å². The molecular formula is C5H11AgLiOV. The largest absolute Gasteiger partial charge is 0 e. The molecule has 0 rings (SSSR count). The molecule has 54 valence electrons. The molecule has 0 N–H and O–H groups in total. The third-order valence-corrected chi connectivity index (χ3v) is 0.676. The van der Waals surface area contributed by atoms with Crippen molar-refractivity contribution in [2.24, 2.45) is 0 Å². The number of carbonyl (C=O) groups excluding carboxylic acids is 1. The van der Waals surface area contributed by atoms with Crippen LogP contribution < -0.4 is 0 Å². The summed E-state index contributed by atoms with van der Waals surface area (Å²) in [5.74, 6) is 0. The zero-order valence-corrected chi connectivity index (χ0v) is 7.73. The minimum atomic E-state index is 0. The maximum Gasteiger partial charge on any atom is 0 e. The van der Waals surface area contributed by atoms with Gasteiger partial charge in [0, 0.05) is 47.4 Å². The van der Waals surface area contributed by atoms with E-state index in [1.165, 1.54) is 0 Å². The summed E-state index contributed by atoms with van der Waals surface area (Å²) in [6.07, 6.45) is 3.86. The summed E-state index contributed by atoms with van der Waals surface area (Å²) in [4.78, 5) is 9.56. The number of hydrogen-bond donors (Lipinski definition) is 0. The Kier molecular flexibility index (Phi) is 56.4. The molecule has 0 bridgehead atoms. The molecule has 0 saturated carbocycles. The molecule has 0 aromatic carbocycles. The Bertz CT molecular complexity index is 45.9. The Morgan fingerprint density at radius 2 is 1.89 bits per heavy atom. The van der Waals surface area contributed by atoms with E-state index in [1.807, 2.05) is 0 Å². The number of carbonyl (C=O) groups is 1.